The van der Waals surface area contributed by atoms with E-state index in [0.29, 0.717) is 13.0 Å². The Hall–Kier alpha value is -6.24. The van der Waals surface area contributed by atoms with Crippen molar-refractivity contribution < 1.29 is 95.2 Å². The molecule has 0 N–H and O–H groups in total. The first-order valence-corrected chi connectivity index (χ1v) is 31.0. The summed E-state index contributed by atoms with van der Waals surface area (Å²) in [4.78, 5) is 107. The molecule has 7 heterocycles. The van der Waals surface area contributed by atoms with Crippen molar-refractivity contribution >= 4 is 41.7 Å². The van der Waals surface area contributed by atoms with Crippen LogP contribution >= 0.6 is 0 Å². The standard InChI is InChI=1S/C62H94N8O20/c1-33(2)24-45(71)84-49-40(9)48(35(4)29-80-57-54(78-16)53(77-15)51(43(12)83-57)88-59(74)68-21-18-63-30-68)86-56(73)42(11)50(85-46-25-36(5)67(14)28-38(7)81-46)39(8)47(34(3)27-62(13,55(72)41(49)10)90-61(76)70-23-20-65-32-70)87-58-52(44(66-79-17)26-37(6)82-58)89-60(75)69-22-19-64-31-69/h18-23,30-43,46-54,57-58H,24-29H2,1-17H3/t34-,35-,36?,37+,38-,39+,40-,41+,42+,43+,46-,47-,48+,49+,50-,51+,52+,53+,54+,57+,58-,62-/m0/s1. The Morgan fingerprint density at radius 3 is 1.88 bits per heavy atom. The fourth-order valence-electron chi connectivity index (χ4n) is 12.7. The maximum absolute atomic E-state index is 16.1. The van der Waals surface area contributed by atoms with Crippen LogP contribution in [0.5, 0.6) is 0 Å². The van der Waals surface area contributed by atoms with Gasteiger partial charge in [0.2, 0.25) is 6.29 Å². The smallest absolute Gasteiger partial charge is 0.420 e. The average Bonchev–Trinajstić information content (AvgIpc) is 1.46. The van der Waals surface area contributed by atoms with Crippen molar-refractivity contribution in [2.24, 2.45) is 46.6 Å². The number of hydrogen-bond acceptors (Lipinski definition) is 25. The van der Waals surface area contributed by atoms with E-state index in [9.17, 15) is 19.2 Å². The normalized spacial score (nSPS) is 36.0. The van der Waals surface area contributed by atoms with Crippen LogP contribution < -0.4 is 0 Å². The van der Waals surface area contributed by atoms with E-state index in [0.717, 1.165) is 9.13 Å². The van der Waals surface area contributed by atoms with Crippen LogP contribution in [0.25, 0.3) is 0 Å². The lowest BCUT2D eigenvalue weighted by Gasteiger charge is -2.45. The van der Waals surface area contributed by atoms with E-state index < -0.39 is 157 Å². The van der Waals surface area contributed by atoms with Gasteiger partial charge in [-0.1, -0.05) is 53.6 Å². The molecule has 0 saturated carbocycles. The lowest BCUT2D eigenvalue weighted by molar-refractivity contribution is -0.304. The van der Waals surface area contributed by atoms with Crippen molar-refractivity contribution in [2.75, 3.05) is 41.5 Å². The number of ether oxygens (including phenoxy) is 13. The van der Waals surface area contributed by atoms with E-state index >= 15 is 9.59 Å². The van der Waals surface area contributed by atoms with Gasteiger partial charge in [-0.2, -0.15) is 0 Å². The molecule has 0 radical (unpaired) electrons. The second kappa shape index (κ2) is 31.9. The molecular formula is C62H94N8O20. The van der Waals surface area contributed by atoms with Gasteiger partial charge in [0, 0.05) is 101 Å². The molecule has 502 valence electrons. The van der Waals surface area contributed by atoms with Crippen LogP contribution in [0, 0.1) is 41.4 Å². The SMILES string of the molecule is CON=C1C[C@@H](C)O[C@@H](O[C@@H]2[C@@H](C)[C@H](O[C@H]3CC(C)N(C)C[C@H](C)O3)[C@@H](C)C(=O)O[C@H]([C@@H](C)CO[C@@H]3O[C@H](C)[C@@H](OC(=O)n4ccnc4)[C@@H](OC)[C@H]3OC)[C@H](C)[C@@H](OC(=O)CC(C)C)[C@@H](C)C(=O)[C@@](C)(OC(=O)n3ccnc3)C[C@@H]2C)[C@@H]1OC(=O)n1ccnc1. The molecule has 28 nitrogen and oxygen atoms in total. The van der Waals surface area contributed by atoms with Crippen LogP contribution in [0.2, 0.25) is 0 Å². The molecule has 4 aliphatic rings. The molecule has 4 fully saturated rings. The summed E-state index contributed by atoms with van der Waals surface area (Å²) < 4.78 is 87.5. The highest BCUT2D eigenvalue weighted by molar-refractivity contribution is 5.92. The number of nitrogens with zero attached hydrogens (tertiary/aromatic N) is 8. The first kappa shape index (κ1) is 71.2. The molecule has 28 heteroatoms. The van der Waals surface area contributed by atoms with Crippen molar-refractivity contribution in [2.45, 2.75) is 213 Å². The molecule has 3 aromatic heterocycles. The minimum absolute atomic E-state index is 0.0351. The van der Waals surface area contributed by atoms with Gasteiger partial charge in [0.25, 0.3) is 0 Å². The molecule has 1 unspecified atom stereocenters. The molecule has 22 atom stereocenters. The first-order valence-electron chi connectivity index (χ1n) is 31.0. The summed E-state index contributed by atoms with van der Waals surface area (Å²) in [7, 11) is 6.23. The largest absolute Gasteiger partial charge is 0.461 e. The van der Waals surface area contributed by atoms with Gasteiger partial charge in [-0.3, -0.25) is 14.4 Å². The van der Waals surface area contributed by atoms with Crippen LogP contribution in [-0.2, 0) is 80.8 Å². The molecule has 0 bridgehead atoms. The van der Waals surface area contributed by atoms with Crippen molar-refractivity contribution in [1.29, 1.82) is 0 Å². The van der Waals surface area contributed by atoms with Gasteiger partial charge in [0.1, 0.15) is 56.2 Å². The highest BCUT2D eigenvalue weighted by Gasteiger charge is 2.54. The predicted molar refractivity (Wildman–Crippen MR) is 318 cm³/mol. The summed E-state index contributed by atoms with van der Waals surface area (Å²) in [6.07, 6.45) is -4.09. The summed E-state index contributed by atoms with van der Waals surface area (Å²) in [5.74, 6) is -8.12. The number of methoxy groups -OCH3 is 2. The second-order valence-corrected chi connectivity index (χ2v) is 25.3. The molecule has 4 aliphatic heterocycles. The monoisotopic (exact) mass is 1270 g/mol. The molecule has 7 rings (SSSR count). The number of rotatable bonds is 17. The van der Waals surface area contributed by atoms with Crippen LogP contribution in [0.1, 0.15) is 116 Å². The summed E-state index contributed by atoms with van der Waals surface area (Å²) in [5.41, 5.74) is -1.78. The van der Waals surface area contributed by atoms with E-state index in [2.05, 4.69) is 31.9 Å². The third-order valence-corrected chi connectivity index (χ3v) is 17.5. The Labute approximate surface area is 526 Å². The Kier molecular flexibility index (Phi) is 25.2. The number of likely N-dealkylation sites (N-methyl/N-ethyl adjacent to an activating group) is 1. The summed E-state index contributed by atoms with van der Waals surface area (Å²) >= 11 is 0. The van der Waals surface area contributed by atoms with Crippen molar-refractivity contribution in [1.82, 2.24) is 33.6 Å². The fourth-order valence-corrected chi connectivity index (χ4v) is 12.7. The van der Waals surface area contributed by atoms with Gasteiger partial charge in [0.05, 0.1) is 49.0 Å². The van der Waals surface area contributed by atoms with Crippen LogP contribution in [0.3, 0.4) is 0 Å². The molecule has 90 heavy (non-hydrogen) atoms. The molecule has 0 aromatic carbocycles. The average molecular weight is 1270 g/mol. The fraction of sp³-hybridized carbons (Fsp3) is 0.742. The minimum Gasteiger partial charge on any atom is -0.461 e. The number of esters is 2. The number of oxime groups is 1. The Bertz CT molecular complexity index is 2820. The third kappa shape index (κ3) is 17.5. The molecular weight excluding hydrogens is 1180 g/mol. The number of Topliss-reactive ketones (excluding diaryl/α,β-unsaturated/α-hetero) is 1. The number of carbonyl (C=O) groups excluding carboxylic acids is 6. The zero-order valence-electron chi connectivity index (χ0n) is 54.9. The number of imidazole rings is 3. The van der Waals surface area contributed by atoms with Gasteiger partial charge >= 0.3 is 30.2 Å². The lowest BCUT2D eigenvalue weighted by atomic mass is 9.74. The van der Waals surface area contributed by atoms with Crippen LogP contribution in [0.15, 0.2) is 61.3 Å². The third-order valence-electron chi connectivity index (χ3n) is 17.5. The minimum atomic E-state index is -2.06. The van der Waals surface area contributed by atoms with Gasteiger partial charge in [-0.05, 0) is 66.8 Å². The molecule has 0 amide bonds. The van der Waals surface area contributed by atoms with Crippen molar-refractivity contribution in [3.63, 3.8) is 0 Å². The molecule has 0 aliphatic carbocycles. The van der Waals surface area contributed by atoms with Gasteiger partial charge < -0.3 is 71.3 Å². The summed E-state index contributed by atoms with van der Waals surface area (Å²) in [6.45, 7) is 23.4. The van der Waals surface area contributed by atoms with Crippen molar-refractivity contribution in [3.8, 4) is 0 Å². The maximum atomic E-state index is 16.1. The highest BCUT2D eigenvalue weighted by Crippen LogP contribution is 2.41. The Balaban J connectivity index is 1.35. The quantitative estimate of drug-likeness (QED) is 0.0750. The molecule has 4 saturated heterocycles. The lowest BCUT2D eigenvalue weighted by Crippen LogP contribution is -2.60. The van der Waals surface area contributed by atoms with E-state index in [-0.39, 0.29) is 49.6 Å². The molecule has 3 aromatic rings. The van der Waals surface area contributed by atoms with Crippen LogP contribution in [0.4, 0.5) is 14.4 Å². The van der Waals surface area contributed by atoms with E-state index in [4.69, 9.17) is 66.4 Å². The van der Waals surface area contributed by atoms with Crippen LogP contribution in [-0.4, -0.2) is 214 Å². The first-order chi connectivity index (χ1) is 42.7. The highest BCUT2D eigenvalue weighted by atomic mass is 16.7. The van der Waals surface area contributed by atoms with E-state index in [1.54, 1.807) is 48.5 Å². The number of aromatic nitrogens is 6. The summed E-state index contributed by atoms with van der Waals surface area (Å²) in [6, 6.07) is -0.0416. The van der Waals surface area contributed by atoms with Gasteiger partial charge in [0.15, 0.2) is 36.2 Å². The Morgan fingerprint density at radius 1 is 0.689 bits per heavy atom. The number of hydrogen-bond donors (Lipinski definition) is 0. The number of ketones is 1. The Morgan fingerprint density at radius 2 is 1.30 bits per heavy atom. The number of carbonyl (C=O) groups is 6. The zero-order valence-corrected chi connectivity index (χ0v) is 54.9. The second-order valence-electron chi connectivity index (χ2n) is 25.3. The van der Waals surface area contributed by atoms with Crippen molar-refractivity contribution in [3.05, 3.63) is 56.2 Å². The number of cyclic esters (lactones) is 1. The maximum Gasteiger partial charge on any atom is 0.420 e. The topological polar surface area (TPSA) is 301 Å². The van der Waals surface area contributed by atoms with Gasteiger partial charge in [-0.25, -0.2) is 43.0 Å². The summed E-state index contributed by atoms with van der Waals surface area (Å²) in [5, 5.41) is 4.28. The molecule has 0 spiro atoms. The zero-order chi connectivity index (χ0) is 65.9. The van der Waals surface area contributed by atoms with Gasteiger partial charge in [-0.15, -0.1) is 0 Å². The predicted octanol–water partition coefficient (Wildman–Crippen LogP) is 6.94. The van der Waals surface area contributed by atoms with E-state index in [1.165, 1.54) is 89.0 Å². The van der Waals surface area contributed by atoms with E-state index in [1.807, 2.05) is 34.7 Å².